The van der Waals surface area contributed by atoms with Crippen molar-refractivity contribution in [3.05, 3.63) is 29.6 Å². The number of amides is 2. The van der Waals surface area contributed by atoms with E-state index in [-0.39, 0.29) is 5.69 Å². The van der Waals surface area contributed by atoms with Gasteiger partial charge in [0.1, 0.15) is 11.4 Å². The number of carbonyl (C=O) groups excluding carboxylic acids is 1. The molecule has 0 saturated heterocycles. The second-order valence-corrected chi connectivity index (χ2v) is 4.84. The number of aliphatic carboxylic acids is 1. The molecule has 0 saturated carbocycles. The number of hydrogen-bond acceptors (Lipinski definition) is 2. The van der Waals surface area contributed by atoms with Crippen molar-refractivity contribution in [2.75, 3.05) is 12.4 Å². The number of benzene rings is 1. The Labute approximate surface area is 111 Å². The van der Waals surface area contributed by atoms with Gasteiger partial charge in [0.2, 0.25) is 0 Å². The van der Waals surface area contributed by atoms with Crippen LogP contribution in [0.3, 0.4) is 0 Å². The molecule has 104 valence electrons. The van der Waals surface area contributed by atoms with E-state index in [1.165, 1.54) is 33.0 Å². The number of halogens is 1. The highest BCUT2D eigenvalue weighted by atomic mass is 19.1. The number of carboxylic acid groups (broad SMARTS) is 1. The maximum Gasteiger partial charge on any atom is 0.329 e. The van der Waals surface area contributed by atoms with Crippen LogP contribution in [0, 0.1) is 12.7 Å². The summed E-state index contributed by atoms with van der Waals surface area (Å²) in [6, 6.07) is 3.62. The van der Waals surface area contributed by atoms with Gasteiger partial charge >= 0.3 is 12.0 Å². The Balaban J connectivity index is 2.91. The Morgan fingerprint density at radius 2 is 1.95 bits per heavy atom. The van der Waals surface area contributed by atoms with Crippen LogP contribution in [0.1, 0.15) is 19.4 Å². The minimum atomic E-state index is -1.38. The summed E-state index contributed by atoms with van der Waals surface area (Å²) in [6.45, 7) is 4.54. The molecule has 0 aromatic heterocycles. The first-order chi connectivity index (χ1) is 8.66. The lowest BCUT2D eigenvalue weighted by molar-refractivity contribution is -0.146. The van der Waals surface area contributed by atoms with Crippen molar-refractivity contribution in [2.45, 2.75) is 26.3 Å². The van der Waals surface area contributed by atoms with Crippen LogP contribution in [0.15, 0.2) is 18.2 Å². The molecule has 0 atom stereocenters. The SMILES string of the molecule is Cc1ccc(F)c(NC(=O)N(C)C(C)(C)C(=O)O)c1. The minimum absolute atomic E-state index is 0.0260. The number of aryl methyl sites for hydroxylation is 1. The maximum absolute atomic E-state index is 13.5. The molecular formula is C13H17FN2O3. The zero-order chi connectivity index (χ0) is 14.8. The number of nitrogens with one attached hydrogen (secondary N) is 1. The first-order valence-electron chi connectivity index (χ1n) is 5.70. The van der Waals surface area contributed by atoms with Crippen molar-refractivity contribution in [3.63, 3.8) is 0 Å². The second-order valence-electron chi connectivity index (χ2n) is 4.84. The summed E-state index contributed by atoms with van der Waals surface area (Å²) in [5.41, 5.74) is -0.570. The van der Waals surface area contributed by atoms with Gasteiger partial charge in [-0.3, -0.25) is 0 Å². The van der Waals surface area contributed by atoms with E-state index in [0.717, 1.165) is 10.5 Å². The van der Waals surface area contributed by atoms with Crippen molar-refractivity contribution in [1.29, 1.82) is 0 Å². The summed E-state index contributed by atoms with van der Waals surface area (Å²) in [6.07, 6.45) is 0. The molecule has 1 aromatic rings. The fourth-order valence-corrected chi connectivity index (χ4v) is 1.33. The summed E-state index contributed by atoms with van der Waals surface area (Å²) in [7, 11) is 1.34. The molecule has 0 aliphatic rings. The van der Waals surface area contributed by atoms with E-state index in [1.54, 1.807) is 13.0 Å². The quantitative estimate of drug-likeness (QED) is 0.884. The predicted octanol–water partition coefficient (Wildman–Crippen LogP) is 2.46. The Morgan fingerprint density at radius 3 is 2.47 bits per heavy atom. The van der Waals surface area contributed by atoms with Gasteiger partial charge in [0.05, 0.1) is 5.69 Å². The lowest BCUT2D eigenvalue weighted by Crippen LogP contribution is -2.52. The van der Waals surface area contributed by atoms with E-state index in [2.05, 4.69) is 5.32 Å². The zero-order valence-electron chi connectivity index (χ0n) is 11.3. The predicted molar refractivity (Wildman–Crippen MR) is 69.6 cm³/mol. The molecule has 6 heteroatoms. The topological polar surface area (TPSA) is 69.6 Å². The summed E-state index contributed by atoms with van der Waals surface area (Å²) >= 11 is 0. The summed E-state index contributed by atoms with van der Waals surface area (Å²) in [5.74, 6) is -1.71. The van der Waals surface area contributed by atoms with E-state index in [1.807, 2.05) is 0 Å². The largest absolute Gasteiger partial charge is 0.480 e. The van der Waals surface area contributed by atoms with Crippen molar-refractivity contribution < 1.29 is 19.1 Å². The number of urea groups is 1. The van der Waals surface area contributed by atoms with Gasteiger partial charge < -0.3 is 15.3 Å². The Hall–Kier alpha value is -2.11. The molecule has 5 nitrogen and oxygen atoms in total. The average molecular weight is 268 g/mol. The van der Waals surface area contributed by atoms with Crippen LogP contribution in [0.25, 0.3) is 0 Å². The van der Waals surface area contributed by atoms with Crippen LogP contribution in [0.4, 0.5) is 14.9 Å². The average Bonchev–Trinajstić information content (AvgIpc) is 2.32. The van der Waals surface area contributed by atoms with Gasteiger partial charge in [0.15, 0.2) is 0 Å². The van der Waals surface area contributed by atoms with Crippen LogP contribution >= 0.6 is 0 Å². The van der Waals surface area contributed by atoms with Crippen molar-refractivity contribution in [3.8, 4) is 0 Å². The van der Waals surface area contributed by atoms with Crippen LogP contribution < -0.4 is 5.32 Å². The third-order valence-electron chi connectivity index (χ3n) is 3.03. The van der Waals surface area contributed by atoms with E-state index in [9.17, 15) is 14.0 Å². The van der Waals surface area contributed by atoms with E-state index >= 15 is 0 Å². The lowest BCUT2D eigenvalue weighted by atomic mass is 10.1. The highest BCUT2D eigenvalue weighted by molar-refractivity contribution is 5.93. The van der Waals surface area contributed by atoms with Gasteiger partial charge in [-0.15, -0.1) is 0 Å². The van der Waals surface area contributed by atoms with E-state index < -0.39 is 23.4 Å². The monoisotopic (exact) mass is 268 g/mol. The molecule has 1 rings (SSSR count). The van der Waals surface area contributed by atoms with Crippen molar-refractivity contribution in [2.24, 2.45) is 0 Å². The second kappa shape index (κ2) is 5.26. The first-order valence-corrected chi connectivity index (χ1v) is 5.70. The van der Waals surface area contributed by atoms with Crippen molar-refractivity contribution in [1.82, 2.24) is 4.90 Å². The highest BCUT2D eigenvalue weighted by Crippen LogP contribution is 2.18. The molecule has 0 radical (unpaired) electrons. The highest BCUT2D eigenvalue weighted by Gasteiger charge is 2.35. The van der Waals surface area contributed by atoms with E-state index in [0.29, 0.717) is 0 Å². The molecule has 2 N–H and O–H groups in total. The first kappa shape index (κ1) is 14.9. The number of rotatable bonds is 3. The van der Waals surface area contributed by atoms with Crippen molar-refractivity contribution >= 4 is 17.7 Å². The van der Waals surface area contributed by atoms with Gasteiger partial charge in [0, 0.05) is 7.05 Å². The van der Waals surface area contributed by atoms with Gasteiger partial charge in [-0.05, 0) is 38.5 Å². The van der Waals surface area contributed by atoms with Crippen LogP contribution in [0.2, 0.25) is 0 Å². The van der Waals surface area contributed by atoms with Crippen LogP contribution in [-0.4, -0.2) is 34.6 Å². The van der Waals surface area contributed by atoms with Gasteiger partial charge in [0.25, 0.3) is 0 Å². The standard InChI is InChI=1S/C13H17FN2O3/c1-8-5-6-9(14)10(7-8)15-12(19)16(4)13(2,3)11(17)18/h5-7H,1-4H3,(H,15,19)(H,17,18). The molecule has 0 spiro atoms. The molecule has 19 heavy (non-hydrogen) atoms. The molecule has 0 bridgehead atoms. The minimum Gasteiger partial charge on any atom is -0.480 e. The molecule has 0 heterocycles. The van der Waals surface area contributed by atoms with Gasteiger partial charge in [-0.25, -0.2) is 14.0 Å². The zero-order valence-corrected chi connectivity index (χ0v) is 11.3. The van der Waals surface area contributed by atoms with E-state index in [4.69, 9.17) is 5.11 Å². The number of anilines is 1. The molecule has 0 unspecified atom stereocenters. The smallest absolute Gasteiger partial charge is 0.329 e. The molecule has 0 aliphatic carbocycles. The summed E-state index contributed by atoms with van der Waals surface area (Å²) in [4.78, 5) is 24.0. The Morgan fingerprint density at radius 1 is 1.37 bits per heavy atom. The van der Waals surface area contributed by atoms with Crippen LogP contribution in [0.5, 0.6) is 0 Å². The molecule has 2 amide bonds. The molecule has 1 aromatic carbocycles. The fraction of sp³-hybridized carbons (Fsp3) is 0.385. The maximum atomic E-state index is 13.5. The third-order valence-corrected chi connectivity index (χ3v) is 3.03. The van der Waals surface area contributed by atoms with Gasteiger partial charge in [-0.2, -0.15) is 0 Å². The normalized spacial score (nSPS) is 11.0. The lowest BCUT2D eigenvalue weighted by Gasteiger charge is -2.31. The molecular weight excluding hydrogens is 251 g/mol. The molecule has 0 fully saturated rings. The number of hydrogen-bond donors (Lipinski definition) is 2. The van der Waals surface area contributed by atoms with Crippen LogP contribution in [-0.2, 0) is 4.79 Å². The number of carboxylic acids is 1. The fourth-order valence-electron chi connectivity index (χ4n) is 1.33. The number of carbonyl (C=O) groups is 2. The molecule has 0 aliphatic heterocycles. The number of likely N-dealkylation sites (N-methyl/N-ethyl adjacent to an activating group) is 1. The van der Waals surface area contributed by atoms with Gasteiger partial charge in [-0.1, -0.05) is 6.07 Å². The summed E-state index contributed by atoms with van der Waals surface area (Å²) < 4.78 is 13.5. The third kappa shape index (κ3) is 3.21. The number of nitrogens with zero attached hydrogens (tertiary/aromatic N) is 1. The Bertz CT molecular complexity index is 515. The summed E-state index contributed by atoms with van der Waals surface area (Å²) in [5, 5.41) is 11.4. The Kier molecular flexibility index (Phi) is 4.14.